The van der Waals surface area contributed by atoms with Gasteiger partial charge in [0.1, 0.15) is 6.54 Å². The van der Waals surface area contributed by atoms with E-state index in [9.17, 15) is 9.59 Å². The number of nitrogens with one attached hydrogen (secondary N) is 1. The molecule has 1 aromatic rings. The third-order valence-electron chi connectivity index (χ3n) is 2.52. The van der Waals surface area contributed by atoms with E-state index in [4.69, 9.17) is 28.3 Å². The highest BCUT2D eigenvalue weighted by molar-refractivity contribution is 6.42. The van der Waals surface area contributed by atoms with Crippen molar-refractivity contribution in [3.63, 3.8) is 0 Å². The maximum atomic E-state index is 12.2. The van der Waals surface area contributed by atoms with Gasteiger partial charge in [0, 0.05) is 11.2 Å². The smallest absolute Gasteiger partial charge is 0.323 e. The van der Waals surface area contributed by atoms with Crippen molar-refractivity contribution in [2.75, 3.05) is 11.9 Å². The summed E-state index contributed by atoms with van der Waals surface area (Å²) in [6.45, 7) is 4.87. The maximum absolute atomic E-state index is 12.2. The van der Waals surface area contributed by atoms with E-state index in [1.54, 1.807) is 32.9 Å². The minimum Gasteiger partial charge on any atom is -0.480 e. The van der Waals surface area contributed by atoms with Crippen LogP contribution in [0.3, 0.4) is 0 Å². The van der Waals surface area contributed by atoms with Gasteiger partial charge in [-0.2, -0.15) is 0 Å². The number of hydrogen-bond acceptors (Lipinski definition) is 2. The number of aliphatic carboxylic acids is 1. The summed E-state index contributed by atoms with van der Waals surface area (Å²) in [5, 5.41) is 12.2. The molecule has 0 unspecified atom stereocenters. The summed E-state index contributed by atoms with van der Waals surface area (Å²) in [6.07, 6.45) is 0. The van der Waals surface area contributed by atoms with Crippen LogP contribution in [0.4, 0.5) is 10.5 Å². The SMILES string of the molecule is CC(C)(C)N(CC(=O)O)C(=O)Nc1ccc(Cl)c(Cl)c1. The lowest BCUT2D eigenvalue weighted by Crippen LogP contribution is -2.50. The van der Waals surface area contributed by atoms with Gasteiger partial charge in [-0.05, 0) is 39.0 Å². The molecule has 20 heavy (non-hydrogen) atoms. The Morgan fingerprint density at radius 3 is 2.30 bits per heavy atom. The number of hydrogen-bond donors (Lipinski definition) is 2. The molecule has 0 saturated heterocycles. The van der Waals surface area contributed by atoms with Crippen LogP contribution in [0.25, 0.3) is 0 Å². The predicted octanol–water partition coefficient (Wildman–Crippen LogP) is 3.71. The van der Waals surface area contributed by atoms with Crippen molar-refractivity contribution >= 4 is 40.9 Å². The van der Waals surface area contributed by atoms with Crippen molar-refractivity contribution < 1.29 is 14.7 Å². The Bertz CT molecular complexity index is 527. The lowest BCUT2D eigenvalue weighted by Gasteiger charge is -2.34. The van der Waals surface area contributed by atoms with E-state index >= 15 is 0 Å². The first-order chi connectivity index (χ1) is 9.11. The number of halogens is 2. The minimum atomic E-state index is -1.08. The fourth-order valence-corrected chi connectivity index (χ4v) is 1.81. The number of anilines is 1. The molecule has 0 radical (unpaired) electrons. The van der Waals surface area contributed by atoms with Gasteiger partial charge in [-0.25, -0.2) is 4.79 Å². The second-order valence-electron chi connectivity index (χ2n) is 5.21. The zero-order valence-electron chi connectivity index (χ0n) is 11.4. The van der Waals surface area contributed by atoms with E-state index in [2.05, 4.69) is 5.32 Å². The van der Waals surface area contributed by atoms with Gasteiger partial charge in [-0.15, -0.1) is 0 Å². The first kappa shape index (κ1) is 16.6. The second kappa shape index (κ2) is 6.33. The van der Waals surface area contributed by atoms with Crippen LogP contribution in [-0.2, 0) is 4.79 Å². The standard InChI is InChI=1S/C13H16Cl2N2O3/c1-13(2,3)17(7-11(18)19)12(20)16-8-4-5-9(14)10(15)6-8/h4-6H,7H2,1-3H3,(H,16,20)(H,18,19). The molecule has 5 nitrogen and oxygen atoms in total. The highest BCUT2D eigenvalue weighted by Crippen LogP contribution is 2.25. The first-order valence-electron chi connectivity index (χ1n) is 5.86. The monoisotopic (exact) mass is 318 g/mol. The van der Waals surface area contributed by atoms with Crippen LogP contribution in [0.5, 0.6) is 0 Å². The minimum absolute atomic E-state index is 0.310. The Hall–Kier alpha value is -1.46. The van der Waals surface area contributed by atoms with Crippen molar-refractivity contribution in [2.45, 2.75) is 26.3 Å². The van der Waals surface area contributed by atoms with E-state index in [-0.39, 0.29) is 0 Å². The van der Waals surface area contributed by atoms with Gasteiger partial charge in [0.15, 0.2) is 0 Å². The molecule has 0 saturated carbocycles. The van der Waals surface area contributed by atoms with E-state index in [0.717, 1.165) is 0 Å². The highest BCUT2D eigenvalue weighted by Gasteiger charge is 2.28. The van der Waals surface area contributed by atoms with Gasteiger partial charge in [-0.3, -0.25) is 4.79 Å². The Morgan fingerprint density at radius 2 is 1.85 bits per heavy atom. The van der Waals surface area contributed by atoms with Crippen LogP contribution < -0.4 is 5.32 Å². The number of benzene rings is 1. The third kappa shape index (κ3) is 4.58. The predicted molar refractivity (Wildman–Crippen MR) is 79.6 cm³/mol. The molecule has 0 fully saturated rings. The zero-order chi connectivity index (χ0) is 15.5. The molecule has 2 amide bonds. The molecule has 0 bridgehead atoms. The molecule has 0 aromatic heterocycles. The molecule has 110 valence electrons. The molecule has 2 N–H and O–H groups in total. The summed E-state index contributed by atoms with van der Waals surface area (Å²) in [7, 11) is 0. The molecule has 0 heterocycles. The molecule has 0 aliphatic carbocycles. The van der Waals surface area contributed by atoms with E-state index in [1.807, 2.05) is 0 Å². The van der Waals surface area contributed by atoms with Crippen molar-refractivity contribution in [3.8, 4) is 0 Å². The lowest BCUT2D eigenvalue weighted by atomic mass is 10.1. The molecular weight excluding hydrogens is 303 g/mol. The number of urea groups is 1. The van der Waals surface area contributed by atoms with Crippen molar-refractivity contribution in [1.29, 1.82) is 0 Å². The topological polar surface area (TPSA) is 69.6 Å². The number of carboxylic acid groups (broad SMARTS) is 1. The van der Waals surface area contributed by atoms with E-state index in [0.29, 0.717) is 15.7 Å². The van der Waals surface area contributed by atoms with Crippen LogP contribution >= 0.6 is 23.2 Å². The van der Waals surface area contributed by atoms with Gasteiger partial charge >= 0.3 is 12.0 Å². The number of carbonyl (C=O) groups is 2. The number of carboxylic acids is 1. The van der Waals surface area contributed by atoms with Crippen molar-refractivity contribution in [2.24, 2.45) is 0 Å². The van der Waals surface area contributed by atoms with Gasteiger partial charge in [0.2, 0.25) is 0 Å². The van der Waals surface area contributed by atoms with Crippen LogP contribution in [0.1, 0.15) is 20.8 Å². The fourth-order valence-electron chi connectivity index (χ4n) is 1.51. The Labute approximate surface area is 127 Å². The maximum Gasteiger partial charge on any atom is 0.323 e. The van der Waals surface area contributed by atoms with Gasteiger partial charge in [0.25, 0.3) is 0 Å². The fraction of sp³-hybridized carbons (Fsp3) is 0.385. The Balaban J connectivity index is 2.90. The second-order valence-corrected chi connectivity index (χ2v) is 6.02. The number of rotatable bonds is 3. The number of amides is 2. The highest BCUT2D eigenvalue weighted by atomic mass is 35.5. The number of nitrogens with zero attached hydrogens (tertiary/aromatic N) is 1. The van der Waals surface area contributed by atoms with E-state index < -0.39 is 24.1 Å². The summed E-state index contributed by atoms with van der Waals surface area (Å²) in [4.78, 5) is 24.2. The summed E-state index contributed by atoms with van der Waals surface area (Å²) in [6, 6.07) is 4.13. The molecule has 1 rings (SSSR count). The van der Waals surface area contributed by atoms with Gasteiger partial charge in [-0.1, -0.05) is 23.2 Å². The number of carbonyl (C=O) groups excluding carboxylic acids is 1. The van der Waals surface area contributed by atoms with Gasteiger partial charge in [0.05, 0.1) is 10.0 Å². The summed E-state index contributed by atoms with van der Waals surface area (Å²) in [5.74, 6) is -1.08. The van der Waals surface area contributed by atoms with Crippen LogP contribution in [0, 0.1) is 0 Å². The molecule has 0 aliphatic rings. The average molecular weight is 319 g/mol. The Morgan fingerprint density at radius 1 is 1.25 bits per heavy atom. The molecular formula is C13H16Cl2N2O3. The Kier molecular flexibility index (Phi) is 5.25. The summed E-state index contributed by atoms with van der Waals surface area (Å²) >= 11 is 11.6. The quantitative estimate of drug-likeness (QED) is 0.892. The molecule has 0 aliphatic heterocycles. The summed E-state index contributed by atoms with van der Waals surface area (Å²) < 4.78 is 0. The van der Waals surface area contributed by atoms with Crippen molar-refractivity contribution in [3.05, 3.63) is 28.2 Å². The molecule has 0 atom stereocenters. The summed E-state index contributed by atoms with van der Waals surface area (Å²) in [5.41, 5.74) is -0.178. The largest absolute Gasteiger partial charge is 0.480 e. The molecule has 0 spiro atoms. The van der Waals surface area contributed by atoms with Crippen LogP contribution in [0.2, 0.25) is 10.0 Å². The van der Waals surface area contributed by atoms with E-state index in [1.165, 1.54) is 11.0 Å². The molecule has 7 heteroatoms. The van der Waals surface area contributed by atoms with Crippen LogP contribution in [-0.4, -0.2) is 34.1 Å². The lowest BCUT2D eigenvalue weighted by molar-refractivity contribution is -0.138. The first-order valence-corrected chi connectivity index (χ1v) is 6.62. The molecule has 1 aromatic carbocycles. The average Bonchev–Trinajstić information content (AvgIpc) is 2.29. The zero-order valence-corrected chi connectivity index (χ0v) is 12.9. The third-order valence-corrected chi connectivity index (χ3v) is 3.26. The van der Waals surface area contributed by atoms with Crippen LogP contribution in [0.15, 0.2) is 18.2 Å². The normalized spacial score (nSPS) is 11.1. The van der Waals surface area contributed by atoms with Crippen molar-refractivity contribution in [1.82, 2.24) is 4.90 Å². The van der Waals surface area contributed by atoms with Gasteiger partial charge < -0.3 is 15.3 Å².